The molecule has 1 aromatic carbocycles. The third-order valence-corrected chi connectivity index (χ3v) is 1.81. The predicted molar refractivity (Wildman–Crippen MR) is 62.5 cm³/mol. The lowest BCUT2D eigenvalue weighted by molar-refractivity contribution is 0.249. The van der Waals surface area contributed by atoms with E-state index in [1.165, 1.54) is 24.4 Å². The van der Waals surface area contributed by atoms with Gasteiger partial charge < -0.3 is 10.5 Å². The zero-order valence-corrected chi connectivity index (χ0v) is 9.44. The average Bonchev–Trinajstić information content (AvgIpc) is 2.27. The summed E-state index contributed by atoms with van der Waals surface area (Å²) in [6.07, 6.45) is 2.12. The molecule has 1 aromatic rings. The van der Waals surface area contributed by atoms with E-state index in [1.807, 2.05) is 12.3 Å². The van der Waals surface area contributed by atoms with E-state index >= 15 is 0 Å². The van der Waals surface area contributed by atoms with Crippen molar-refractivity contribution < 1.29 is 13.9 Å². The first-order chi connectivity index (χ1) is 8.13. The van der Waals surface area contributed by atoms with Crippen LogP contribution in [0.15, 0.2) is 23.3 Å². The summed E-state index contributed by atoms with van der Waals surface area (Å²) >= 11 is 0. The number of hydrogen-bond donors (Lipinski definition) is 2. The van der Waals surface area contributed by atoms with Crippen LogP contribution in [-0.2, 0) is 0 Å². The first-order valence-corrected chi connectivity index (χ1v) is 5.14. The van der Waals surface area contributed by atoms with E-state index in [-0.39, 0.29) is 0 Å². The number of primary amides is 1. The molecule has 92 valence electrons. The van der Waals surface area contributed by atoms with Crippen molar-refractivity contribution in [2.75, 3.05) is 6.61 Å². The molecule has 6 heteroatoms. The number of halogens is 1. The van der Waals surface area contributed by atoms with Gasteiger partial charge in [-0.2, -0.15) is 5.10 Å². The number of rotatable bonds is 5. The lowest BCUT2D eigenvalue weighted by atomic mass is 10.2. The van der Waals surface area contributed by atoms with Crippen molar-refractivity contribution in [3.63, 3.8) is 0 Å². The van der Waals surface area contributed by atoms with Crippen LogP contribution < -0.4 is 15.9 Å². The summed E-state index contributed by atoms with van der Waals surface area (Å²) in [4.78, 5) is 10.4. The van der Waals surface area contributed by atoms with Crippen molar-refractivity contribution in [1.82, 2.24) is 5.43 Å². The highest BCUT2D eigenvalue weighted by Crippen LogP contribution is 2.18. The number of benzene rings is 1. The number of nitrogens with two attached hydrogens (primary N) is 1. The molecule has 0 bridgehead atoms. The Kier molecular flexibility index (Phi) is 4.93. The summed E-state index contributed by atoms with van der Waals surface area (Å²) in [6.45, 7) is 2.49. The topological polar surface area (TPSA) is 76.7 Å². The highest BCUT2D eigenvalue weighted by molar-refractivity contribution is 5.84. The number of hydrogen-bond acceptors (Lipinski definition) is 3. The van der Waals surface area contributed by atoms with Crippen LogP contribution in [0.3, 0.4) is 0 Å². The maximum atomic E-state index is 13.0. The van der Waals surface area contributed by atoms with E-state index in [4.69, 9.17) is 10.5 Å². The zero-order chi connectivity index (χ0) is 12.7. The smallest absolute Gasteiger partial charge is 0.332 e. The van der Waals surface area contributed by atoms with Crippen molar-refractivity contribution in [2.24, 2.45) is 10.8 Å². The Morgan fingerprint density at radius 3 is 3.06 bits per heavy atom. The monoisotopic (exact) mass is 239 g/mol. The lowest BCUT2D eigenvalue weighted by Crippen LogP contribution is -2.24. The van der Waals surface area contributed by atoms with Gasteiger partial charge in [0.05, 0.1) is 12.8 Å². The number of urea groups is 1. The fourth-order valence-electron chi connectivity index (χ4n) is 1.13. The lowest BCUT2D eigenvalue weighted by Gasteiger charge is -2.07. The van der Waals surface area contributed by atoms with Crippen molar-refractivity contribution in [3.8, 4) is 5.75 Å². The molecule has 2 amide bonds. The molecule has 5 nitrogen and oxygen atoms in total. The largest absolute Gasteiger partial charge is 0.493 e. The van der Waals surface area contributed by atoms with Crippen LogP contribution in [0.5, 0.6) is 5.75 Å². The second-order valence-corrected chi connectivity index (χ2v) is 3.26. The number of nitrogens with zero attached hydrogens (tertiary/aromatic N) is 1. The molecule has 0 radical (unpaired) electrons. The Balaban J connectivity index is 2.82. The second-order valence-electron chi connectivity index (χ2n) is 3.26. The number of amides is 2. The van der Waals surface area contributed by atoms with E-state index in [2.05, 4.69) is 5.10 Å². The molecule has 0 fully saturated rings. The molecular weight excluding hydrogens is 225 g/mol. The van der Waals surface area contributed by atoms with Crippen LogP contribution in [0, 0.1) is 5.82 Å². The van der Waals surface area contributed by atoms with Gasteiger partial charge in [-0.1, -0.05) is 6.92 Å². The molecule has 0 atom stereocenters. The summed E-state index contributed by atoms with van der Waals surface area (Å²) in [7, 11) is 0. The summed E-state index contributed by atoms with van der Waals surface area (Å²) in [5.74, 6) is 0.0950. The Bertz CT molecular complexity index is 421. The molecule has 0 unspecified atom stereocenters. The molecule has 0 aliphatic rings. The minimum absolute atomic E-state index is 0.408. The van der Waals surface area contributed by atoms with Crippen LogP contribution in [0.4, 0.5) is 9.18 Å². The highest BCUT2D eigenvalue weighted by atomic mass is 19.1. The fraction of sp³-hybridized carbons (Fsp3) is 0.273. The van der Waals surface area contributed by atoms with E-state index in [0.717, 1.165) is 6.42 Å². The van der Waals surface area contributed by atoms with Gasteiger partial charge in [0.1, 0.15) is 11.6 Å². The number of carbonyl (C=O) groups is 1. The molecule has 0 saturated carbocycles. The first kappa shape index (κ1) is 13.0. The number of ether oxygens (including phenoxy) is 1. The molecule has 0 heterocycles. The fourth-order valence-corrected chi connectivity index (χ4v) is 1.13. The summed E-state index contributed by atoms with van der Waals surface area (Å²) in [6, 6.07) is 3.28. The van der Waals surface area contributed by atoms with Gasteiger partial charge in [-0.05, 0) is 24.6 Å². The Morgan fingerprint density at radius 2 is 2.41 bits per heavy atom. The average molecular weight is 239 g/mol. The molecule has 0 saturated heterocycles. The van der Waals surface area contributed by atoms with Crippen LogP contribution in [-0.4, -0.2) is 18.9 Å². The number of carbonyl (C=O) groups excluding carboxylic acids is 1. The molecule has 0 aliphatic carbocycles. The van der Waals surface area contributed by atoms with Gasteiger partial charge in [-0.15, -0.1) is 0 Å². The predicted octanol–water partition coefficient (Wildman–Crippen LogP) is 1.62. The highest BCUT2D eigenvalue weighted by Gasteiger charge is 2.03. The second kappa shape index (κ2) is 6.47. The quantitative estimate of drug-likeness (QED) is 0.605. The SMILES string of the molecule is CCCOc1ccc(F)cc1C=NNC(N)=O. The van der Waals surface area contributed by atoms with Crippen molar-refractivity contribution >= 4 is 12.2 Å². The molecule has 17 heavy (non-hydrogen) atoms. The third-order valence-electron chi connectivity index (χ3n) is 1.81. The van der Waals surface area contributed by atoms with E-state index in [9.17, 15) is 9.18 Å². The molecular formula is C11H14FN3O2. The van der Waals surface area contributed by atoms with Crippen molar-refractivity contribution in [1.29, 1.82) is 0 Å². The number of nitrogens with one attached hydrogen (secondary N) is 1. The van der Waals surface area contributed by atoms with Crippen molar-refractivity contribution in [2.45, 2.75) is 13.3 Å². The van der Waals surface area contributed by atoms with Gasteiger partial charge in [0.25, 0.3) is 0 Å². The Labute approximate surface area is 98.5 Å². The molecule has 3 N–H and O–H groups in total. The van der Waals surface area contributed by atoms with Crippen LogP contribution in [0.2, 0.25) is 0 Å². The van der Waals surface area contributed by atoms with Crippen LogP contribution >= 0.6 is 0 Å². The van der Waals surface area contributed by atoms with Gasteiger partial charge in [0, 0.05) is 5.56 Å². The van der Waals surface area contributed by atoms with E-state index in [1.54, 1.807) is 0 Å². The minimum Gasteiger partial charge on any atom is -0.493 e. The summed E-state index contributed by atoms with van der Waals surface area (Å²) in [5.41, 5.74) is 7.30. The normalized spacial score (nSPS) is 10.5. The minimum atomic E-state index is -0.784. The maximum Gasteiger partial charge on any atom is 0.332 e. The number of hydrazone groups is 1. The molecule has 1 rings (SSSR count). The van der Waals surface area contributed by atoms with E-state index < -0.39 is 11.8 Å². The van der Waals surface area contributed by atoms with Crippen LogP contribution in [0.25, 0.3) is 0 Å². The first-order valence-electron chi connectivity index (χ1n) is 5.14. The van der Waals surface area contributed by atoms with Crippen molar-refractivity contribution in [3.05, 3.63) is 29.6 Å². The third kappa shape index (κ3) is 4.50. The Morgan fingerprint density at radius 1 is 1.65 bits per heavy atom. The maximum absolute atomic E-state index is 13.0. The molecule has 0 aliphatic heterocycles. The van der Waals surface area contributed by atoms with Gasteiger partial charge in [0.15, 0.2) is 0 Å². The van der Waals surface area contributed by atoms with E-state index in [0.29, 0.717) is 17.9 Å². The molecule has 0 aromatic heterocycles. The summed E-state index contributed by atoms with van der Waals surface area (Å²) in [5, 5.41) is 3.55. The van der Waals surface area contributed by atoms with Gasteiger partial charge in [-0.3, -0.25) is 0 Å². The van der Waals surface area contributed by atoms with Crippen LogP contribution in [0.1, 0.15) is 18.9 Å². The zero-order valence-electron chi connectivity index (χ0n) is 9.44. The van der Waals surface area contributed by atoms with Gasteiger partial charge in [-0.25, -0.2) is 14.6 Å². The Hall–Kier alpha value is -2.11. The van der Waals surface area contributed by atoms with Gasteiger partial charge in [0.2, 0.25) is 0 Å². The van der Waals surface area contributed by atoms with Gasteiger partial charge >= 0.3 is 6.03 Å². The summed E-state index contributed by atoms with van der Waals surface area (Å²) < 4.78 is 18.4. The standard InChI is InChI=1S/C11H14FN3O2/c1-2-5-17-10-4-3-9(12)6-8(10)7-14-15-11(13)16/h3-4,6-7H,2,5H2,1H3,(H3,13,15,16). The molecule has 0 spiro atoms.